The van der Waals surface area contributed by atoms with Gasteiger partial charge < -0.3 is 10.6 Å². The molecule has 0 aliphatic heterocycles. The summed E-state index contributed by atoms with van der Waals surface area (Å²) in [6.45, 7) is 5.20. The molecule has 1 amide bonds. The van der Waals surface area contributed by atoms with Gasteiger partial charge >= 0.3 is 0 Å². The Kier molecular flexibility index (Phi) is 9.59. The minimum absolute atomic E-state index is 0.189. The maximum atomic E-state index is 11.4. The number of carbonyl (C=O) groups is 1. The van der Waals surface area contributed by atoms with Crippen molar-refractivity contribution >= 4 is 5.91 Å². The van der Waals surface area contributed by atoms with E-state index in [9.17, 15) is 4.79 Å². The average Bonchev–Trinajstić information content (AvgIpc) is 2.18. The summed E-state index contributed by atoms with van der Waals surface area (Å²) < 4.78 is 0. The van der Waals surface area contributed by atoms with Crippen molar-refractivity contribution in [3.05, 3.63) is 0 Å². The SMILES string of the molecule is CCCCCC(C)NC(=O)CCCNC. The van der Waals surface area contributed by atoms with E-state index in [1.165, 1.54) is 19.3 Å². The highest BCUT2D eigenvalue weighted by Gasteiger charge is 2.05. The largest absolute Gasteiger partial charge is 0.354 e. The zero-order valence-corrected chi connectivity index (χ0v) is 10.4. The first-order valence-corrected chi connectivity index (χ1v) is 6.14. The quantitative estimate of drug-likeness (QED) is 0.577. The summed E-state index contributed by atoms with van der Waals surface area (Å²) >= 11 is 0. The predicted molar refractivity (Wildman–Crippen MR) is 64.9 cm³/mol. The number of rotatable bonds is 9. The molecule has 0 aromatic heterocycles. The lowest BCUT2D eigenvalue weighted by atomic mass is 10.1. The van der Waals surface area contributed by atoms with Gasteiger partial charge in [-0.3, -0.25) is 4.79 Å². The summed E-state index contributed by atoms with van der Waals surface area (Å²) in [6, 6.07) is 0.332. The number of carbonyl (C=O) groups excluding carboxylic acids is 1. The Morgan fingerprint density at radius 2 is 2.00 bits per heavy atom. The van der Waals surface area contributed by atoms with Gasteiger partial charge in [-0.25, -0.2) is 0 Å². The molecule has 0 bridgehead atoms. The van der Waals surface area contributed by atoms with Gasteiger partial charge in [-0.05, 0) is 33.4 Å². The van der Waals surface area contributed by atoms with E-state index in [0.717, 1.165) is 19.4 Å². The molecular weight excluding hydrogens is 188 g/mol. The van der Waals surface area contributed by atoms with Crippen molar-refractivity contribution in [2.24, 2.45) is 0 Å². The fraction of sp³-hybridized carbons (Fsp3) is 0.917. The van der Waals surface area contributed by atoms with Gasteiger partial charge in [0, 0.05) is 12.5 Å². The van der Waals surface area contributed by atoms with Crippen LogP contribution in [0.25, 0.3) is 0 Å². The molecule has 0 aliphatic rings. The molecule has 0 radical (unpaired) electrons. The zero-order valence-electron chi connectivity index (χ0n) is 10.4. The van der Waals surface area contributed by atoms with E-state index >= 15 is 0 Å². The van der Waals surface area contributed by atoms with Crippen LogP contribution in [0.1, 0.15) is 52.4 Å². The second-order valence-corrected chi connectivity index (χ2v) is 4.17. The Bertz CT molecular complexity index is 160. The summed E-state index contributed by atoms with van der Waals surface area (Å²) in [4.78, 5) is 11.4. The van der Waals surface area contributed by atoms with Crippen LogP contribution < -0.4 is 10.6 Å². The van der Waals surface area contributed by atoms with Gasteiger partial charge in [0.05, 0.1) is 0 Å². The van der Waals surface area contributed by atoms with Gasteiger partial charge in [0.15, 0.2) is 0 Å². The van der Waals surface area contributed by atoms with Gasteiger partial charge in [-0.1, -0.05) is 26.2 Å². The Morgan fingerprint density at radius 3 is 2.60 bits per heavy atom. The monoisotopic (exact) mass is 214 g/mol. The molecule has 0 spiro atoms. The lowest BCUT2D eigenvalue weighted by molar-refractivity contribution is -0.121. The van der Waals surface area contributed by atoms with Crippen molar-refractivity contribution in [3.8, 4) is 0 Å². The third kappa shape index (κ3) is 9.73. The molecule has 15 heavy (non-hydrogen) atoms. The number of unbranched alkanes of at least 4 members (excludes halogenated alkanes) is 2. The lowest BCUT2D eigenvalue weighted by Crippen LogP contribution is -2.32. The third-order valence-electron chi connectivity index (χ3n) is 2.48. The summed E-state index contributed by atoms with van der Waals surface area (Å²) in [6.07, 6.45) is 6.38. The Balaban J connectivity index is 3.40. The Hall–Kier alpha value is -0.570. The second kappa shape index (κ2) is 9.97. The summed E-state index contributed by atoms with van der Waals surface area (Å²) in [7, 11) is 1.91. The molecule has 0 fully saturated rings. The van der Waals surface area contributed by atoms with E-state index in [4.69, 9.17) is 0 Å². The Morgan fingerprint density at radius 1 is 1.27 bits per heavy atom. The van der Waals surface area contributed by atoms with E-state index in [1.54, 1.807) is 0 Å². The number of amides is 1. The van der Waals surface area contributed by atoms with Crippen LogP contribution >= 0.6 is 0 Å². The van der Waals surface area contributed by atoms with E-state index in [-0.39, 0.29) is 5.91 Å². The maximum absolute atomic E-state index is 11.4. The lowest BCUT2D eigenvalue weighted by Gasteiger charge is -2.13. The molecule has 90 valence electrons. The Labute approximate surface area is 94.0 Å². The molecule has 3 heteroatoms. The molecule has 3 nitrogen and oxygen atoms in total. The normalized spacial score (nSPS) is 12.5. The minimum atomic E-state index is 0.189. The third-order valence-corrected chi connectivity index (χ3v) is 2.48. The molecule has 0 aliphatic carbocycles. The van der Waals surface area contributed by atoms with Crippen LogP contribution in [0.3, 0.4) is 0 Å². The molecule has 1 atom stereocenters. The van der Waals surface area contributed by atoms with Gasteiger partial charge in [0.25, 0.3) is 0 Å². The second-order valence-electron chi connectivity index (χ2n) is 4.17. The molecule has 2 N–H and O–H groups in total. The fourth-order valence-corrected chi connectivity index (χ4v) is 1.55. The van der Waals surface area contributed by atoms with Crippen molar-refractivity contribution in [1.82, 2.24) is 10.6 Å². The molecular formula is C12H26N2O. The van der Waals surface area contributed by atoms with Crippen LogP contribution in [0.4, 0.5) is 0 Å². The molecule has 0 saturated carbocycles. The summed E-state index contributed by atoms with van der Waals surface area (Å²) in [5, 5.41) is 6.07. The van der Waals surface area contributed by atoms with Crippen LogP contribution in [-0.2, 0) is 4.79 Å². The highest BCUT2D eigenvalue weighted by molar-refractivity contribution is 5.76. The van der Waals surface area contributed by atoms with Crippen LogP contribution in [-0.4, -0.2) is 25.5 Å². The summed E-state index contributed by atoms with van der Waals surface area (Å²) in [5.41, 5.74) is 0. The summed E-state index contributed by atoms with van der Waals surface area (Å²) in [5.74, 6) is 0.189. The highest BCUT2D eigenvalue weighted by Crippen LogP contribution is 2.03. The van der Waals surface area contributed by atoms with Crippen LogP contribution in [0.5, 0.6) is 0 Å². The van der Waals surface area contributed by atoms with Crippen molar-refractivity contribution in [1.29, 1.82) is 0 Å². The topological polar surface area (TPSA) is 41.1 Å². The van der Waals surface area contributed by atoms with Crippen LogP contribution in [0.15, 0.2) is 0 Å². The number of nitrogens with one attached hydrogen (secondary N) is 2. The standard InChI is InChI=1S/C12H26N2O/c1-4-5-6-8-11(2)14-12(15)9-7-10-13-3/h11,13H,4-10H2,1-3H3,(H,14,15). The van der Waals surface area contributed by atoms with Gasteiger partial charge in [-0.2, -0.15) is 0 Å². The first-order chi connectivity index (χ1) is 7.20. The van der Waals surface area contributed by atoms with E-state index in [0.29, 0.717) is 12.5 Å². The highest BCUT2D eigenvalue weighted by atomic mass is 16.1. The van der Waals surface area contributed by atoms with Gasteiger partial charge in [-0.15, -0.1) is 0 Å². The van der Waals surface area contributed by atoms with Crippen molar-refractivity contribution in [2.75, 3.05) is 13.6 Å². The van der Waals surface area contributed by atoms with Crippen LogP contribution in [0.2, 0.25) is 0 Å². The van der Waals surface area contributed by atoms with Gasteiger partial charge in [0.2, 0.25) is 5.91 Å². The van der Waals surface area contributed by atoms with Crippen molar-refractivity contribution < 1.29 is 4.79 Å². The molecule has 0 rings (SSSR count). The fourth-order valence-electron chi connectivity index (χ4n) is 1.55. The van der Waals surface area contributed by atoms with E-state index in [2.05, 4.69) is 24.5 Å². The van der Waals surface area contributed by atoms with Crippen molar-refractivity contribution in [3.63, 3.8) is 0 Å². The van der Waals surface area contributed by atoms with E-state index in [1.807, 2.05) is 7.05 Å². The van der Waals surface area contributed by atoms with E-state index < -0.39 is 0 Å². The number of hydrogen-bond acceptors (Lipinski definition) is 2. The minimum Gasteiger partial charge on any atom is -0.354 e. The average molecular weight is 214 g/mol. The zero-order chi connectivity index (χ0) is 11.5. The first-order valence-electron chi connectivity index (χ1n) is 6.14. The molecule has 0 aromatic carbocycles. The molecule has 1 unspecified atom stereocenters. The smallest absolute Gasteiger partial charge is 0.220 e. The van der Waals surface area contributed by atoms with Gasteiger partial charge in [0.1, 0.15) is 0 Å². The van der Waals surface area contributed by atoms with Crippen molar-refractivity contribution in [2.45, 2.75) is 58.4 Å². The molecule has 0 aromatic rings. The maximum Gasteiger partial charge on any atom is 0.220 e. The predicted octanol–water partition coefficient (Wildman–Crippen LogP) is 2.07. The number of hydrogen-bond donors (Lipinski definition) is 2. The molecule has 0 heterocycles. The first kappa shape index (κ1) is 14.4. The molecule has 0 saturated heterocycles. The van der Waals surface area contributed by atoms with Crippen LogP contribution in [0, 0.1) is 0 Å².